The van der Waals surface area contributed by atoms with E-state index in [4.69, 9.17) is 4.74 Å². The predicted octanol–water partition coefficient (Wildman–Crippen LogP) is 2.87. The van der Waals surface area contributed by atoms with E-state index in [9.17, 15) is 0 Å². The molecule has 0 N–H and O–H groups in total. The highest BCUT2D eigenvalue weighted by atomic mass is 16.5. The second-order valence-corrected chi connectivity index (χ2v) is 2.83. The van der Waals surface area contributed by atoms with Crippen molar-refractivity contribution >= 4 is 0 Å². The molecule has 0 aliphatic heterocycles. The fourth-order valence-electron chi connectivity index (χ4n) is 1.35. The number of rotatable bonds is 1. The zero-order valence-corrected chi connectivity index (χ0v) is 6.73. The minimum atomic E-state index is 1.15. The van der Waals surface area contributed by atoms with Crippen LogP contribution in [0.25, 0.3) is 0 Å². The first-order valence-corrected chi connectivity index (χ1v) is 4.16. The van der Waals surface area contributed by atoms with Gasteiger partial charge < -0.3 is 4.74 Å². The van der Waals surface area contributed by atoms with Crippen LogP contribution in [0.15, 0.2) is 11.8 Å². The van der Waals surface area contributed by atoms with Crippen LogP contribution in [0.1, 0.15) is 38.5 Å². The van der Waals surface area contributed by atoms with Gasteiger partial charge in [0.25, 0.3) is 0 Å². The van der Waals surface area contributed by atoms with E-state index in [2.05, 4.69) is 6.08 Å². The molecule has 0 aromatic carbocycles. The molecule has 10 heavy (non-hydrogen) atoms. The molecule has 0 fully saturated rings. The summed E-state index contributed by atoms with van der Waals surface area (Å²) < 4.78 is 5.19. The zero-order chi connectivity index (χ0) is 7.23. The highest BCUT2D eigenvalue weighted by Crippen LogP contribution is 2.16. The largest absolute Gasteiger partial charge is 0.501 e. The van der Waals surface area contributed by atoms with Crippen LogP contribution in [-0.2, 0) is 4.74 Å². The van der Waals surface area contributed by atoms with Gasteiger partial charge in [-0.3, -0.25) is 0 Å². The maximum Gasteiger partial charge on any atom is 0.0915 e. The minimum absolute atomic E-state index is 1.15. The second kappa shape index (κ2) is 4.37. The summed E-state index contributed by atoms with van der Waals surface area (Å²) in [6.07, 6.45) is 10.0. The van der Waals surface area contributed by atoms with Crippen LogP contribution in [0.4, 0.5) is 0 Å². The Morgan fingerprint density at radius 3 is 2.80 bits per heavy atom. The standard InChI is InChI=1S/C9H16O/c1-10-9-7-5-3-2-4-6-8-9/h7H,2-6,8H2,1H3. The van der Waals surface area contributed by atoms with Gasteiger partial charge >= 0.3 is 0 Å². The first kappa shape index (κ1) is 7.64. The SMILES string of the molecule is COC1=CCCCCCC1. The number of hydrogen-bond acceptors (Lipinski definition) is 1. The van der Waals surface area contributed by atoms with Crippen molar-refractivity contribution in [2.24, 2.45) is 0 Å². The van der Waals surface area contributed by atoms with E-state index in [0.717, 1.165) is 6.42 Å². The summed E-state index contributed by atoms with van der Waals surface area (Å²) in [5, 5.41) is 0. The van der Waals surface area contributed by atoms with Gasteiger partial charge in [-0.25, -0.2) is 0 Å². The molecule has 0 heterocycles. The third-order valence-corrected chi connectivity index (χ3v) is 2.01. The van der Waals surface area contributed by atoms with Gasteiger partial charge in [-0.15, -0.1) is 0 Å². The van der Waals surface area contributed by atoms with Gasteiger partial charge in [0.15, 0.2) is 0 Å². The third kappa shape index (κ3) is 2.42. The smallest absolute Gasteiger partial charge is 0.0915 e. The zero-order valence-electron chi connectivity index (χ0n) is 6.73. The van der Waals surface area contributed by atoms with Crippen molar-refractivity contribution in [1.82, 2.24) is 0 Å². The van der Waals surface area contributed by atoms with Gasteiger partial charge in [-0.2, -0.15) is 0 Å². The fraction of sp³-hybridized carbons (Fsp3) is 0.778. The van der Waals surface area contributed by atoms with Crippen LogP contribution in [0, 0.1) is 0 Å². The lowest BCUT2D eigenvalue weighted by Crippen LogP contribution is -1.91. The van der Waals surface area contributed by atoms with E-state index in [1.807, 2.05) is 0 Å². The third-order valence-electron chi connectivity index (χ3n) is 2.01. The van der Waals surface area contributed by atoms with Gasteiger partial charge in [0.1, 0.15) is 0 Å². The monoisotopic (exact) mass is 140 g/mol. The van der Waals surface area contributed by atoms with Crippen LogP contribution in [0.5, 0.6) is 0 Å². The highest BCUT2D eigenvalue weighted by molar-refractivity contribution is 4.93. The molecule has 0 bridgehead atoms. The van der Waals surface area contributed by atoms with E-state index in [0.29, 0.717) is 0 Å². The molecule has 0 amide bonds. The second-order valence-electron chi connectivity index (χ2n) is 2.83. The summed E-state index contributed by atoms with van der Waals surface area (Å²) in [6, 6.07) is 0. The number of allylic oxidation sites excluding steroid dienone is 2. The Labute approximate surface area is 63.1 Å². The summed E-state index contributed by atoms with van der Waals surface area (Å²) in [5.41, 5.74) is 0. The molecule has 0 atom stereocenters. The summed E-state index contributed by atoms with van der Waals surface area (Å²) >= 11 is 0. The van der Waals surface area contributed by atoms with Crippen LogP contribution < -0.4 is 0 Å². The maximum atomic E-state index is 5.19. The van der Waals surface area contributed by atoms with E-state index in [1.54, 1.807) is 7.11 Å². The number of hydrogen-bond donors (Lipinski definition) is 0. The maximum absolute atomic E-state index is 5.19. The van der Waals surface area contributed by atoms with E-state index in [1.165, 1.54) is 37.9 Å². The molecule has 0 saturated heterocycles. The number of methoxy groups -OCH3 is 1. The van der Waals surface area contributed by atoms with Gasteiger partial charge in [0.2, 0.25) is 0 Å². The Bertz CT molecular complexity index is 116. The van der Waals surface area contributed by atoms with Crippen LogP contribution in [0.3, 0.4) is 0 Å². The van der Waals surface area contributed by atoms with Gasteiger partial charge in [0, 0.05) is 6.42 Å². The molecule has 0 saturated carbocycles. The Hall–Kier alpha value is -0.460. The topological polar surface area (TPSA) is 9.23 Å². The molecular formula is C9H16O. The van der Waals surface area contributed by atoms with Crippen molar-refractivity contribution in [3.63, 3.8) is 0 Å². The van der Waals surface area contributed by atoms with Crippen LogP contribution in [-0.4, -0.2) is 7.11 Å². The highest BCUT2D eigenvalue weighted by Gasteiger charge is 1.99. The molecule has 1 heteroatoms. The lowest BCUT2D eigenvalue weighted by molar-refractivity contribution is 0.269. The molecule has 1 aliphatic rings. The molecule has 0 aromatic rings. The van der Waals surface area contributed by atoms with Gasteiger partial charge in [-0.1, -0.05) is 12.8 Å². The molecule has 1 nitrogen and oxygen atoms in total. The normalized spacial score (nSPS) is 20.7. The first-order valence-electron chi connectivity index (χ1n) is 4.16. The lowest BCUT2D eigenvalue weighted by Gasteiger charge is -2.09. The molecule has 0 radical (unpaired) electrons. The summed E-state index contributed by atoms with van der Waals surface area (Å²) in [5.74, 6) is 1.19. The summed E-state index contributed by atoms with van der Waals surface area (Å²) in [6.45, 7) is 0. The predicted molar refractivity (Wildman–Crippen MR) is 42.8 cm³/mol. The van der Waals surface area contributed by atoms with Crippen molar-refractivity contribution in [3.8, 4) is 0 Å². The van der Waals surface area contributed by atoms with Crippen molar-refractivity contribution in [3.05, 3.63) is 11.8 Å². The fourth-order valence-corrected chi connectivity index (χ4v) is 1.35. The van der Waals surface area contributed by atoms with Gasteiger partial charge in [0.05, 0.1) is 12.9 Å². The van der Waals surface area contributed by atoms with Crippen molar-refractivity contribution in [2.45, 2.75) is 38.5 Å². The molecule has 1 rings (SSSR count). The average Bonchev–Trinajstić information content (AvgIpc) is 1.87. The van der Waals surface area contributed by atoms with E-state index >= 15 is 0 Å². The Morgan fingerprint density at radius 2 is 2.00 bits per heavy atom. The Balaban J connectivity index is 2.35. The average molecular weight is 140 g/mol. The van der Waals surface area contributed by atoms with Crippen molar-refractivity contribution in [2.75, 3.05) is 7.11 Å². The summed E-state index contributed by atoms with van der Waals surface area (Å²) in [7, 11) is 1.77. The molecule has 0 unspecified atom stereocenters. The van der Waals surface area contributed by atoms with Crippen molar-refractivity contribution in [1.29, 1.82) is 0 Å². The molecule has 58 valence electrons. The quantitative estimate of drug-likeness (QED) is 0.544. The van der Waals surface area contributed by atoms with E-state index < -0.39 is 0 Å². The minimum Gasteiger partial charge on any atom is -0.501 e. The summed E-state index contributed by atoms with van der Waals surface area (Å²) in [4.78, 5) is 0. The Kier molecular flexibility index (Phi) is 3.34. The van der Waals surface area contributed by atoms with Gasteiger partial charge in [-0.05, 0) is 25.3 Å². The van der Waals surface area contributed by atoms with E-state index in [-0.39, 0.29) is 0 Å². The number of ether oxygens (including phenoxy) is 1. The molecule has 0 spiro atoms. The molecular weight excluding hydrogens is 124 g/mol. The molecule has 1 aliphatic carbocycles. The lowest BCUT2D eigenvalue weighted by atomic mass is 10.1. The Morgan fingerprint density at radius 1 is 1.20 bits per heavy atom. The van der Waals surface area contributed by atoms with Crippen molar-refractivity contribution < 1.29 is 4.74 Å². The van der Waals surface area contributed by atoms with Crippen LogP contribution >= 0.6 is 0 Å². The van der Waals surface area contributed by atoms with Crippen LogP contribution in [0.2, 0.25) is 0 Å². The first-order chi connectivity index (χ1) is 4.93. The molecule has 0 aromatic heterocycles.